The molecule has 1 fully saturated rings. The lowest BCUT2D eigenvalue weighted by molar-refractivity contribution is -0.0300. The second kappa shape index (κ2) is 4.31. The molecular formula is C13H14FN3O2. The van der Waals surface area contributed by atoms with Gasteiger partial charge in [0.15, 0.2) is 0 Å². The van der Waals surface area contributed by atoms with Crippen molar-refractivity contribution in [1.29, 1.82) is 0 Å². The highest BCUT2D eigenvalue weighted by atomic mass is 19.1. The van der Waals surface area contributed by atoms with Crippen LogP contribution < -0.4 is 5.32 Å². The lowest BCUT2D eigenvalue weighted by Gasteiger charge is -2.36. The molecule has 1 aromatic carbocycles. The molecule has 0 radical (unpaired) electrons. The van der Waals surface area contributed by atoms with E-state index in [9.17, 15) is 14.3 Å². The number of halogens is 1. The van der Waals surface area contributed by atoms with Gasteiger partial charge in [-0.05, 0) is 31.4 Å². The molecule has 100 valence electrons. The van der Waals surface area contributed by atoms with E-state index >= 15 is 0 Å². The molecule has 0 saturated heterocycles. The van der Waals surface area contributed by atoms with Gasteiger partial charge in [-0.25, -0.2) is 9.37 Å². The number of aliphatic hydroxyl groups is 1. The number of carbonyl (C=O) groups is 1. The Morgan fingerprint density at radius 3 is 3.00 bits per heavy atom. The normalized spacial score (nSPS) is 17.2. The topological polar surface area (TPSA) is 78.0 Å². The Balaban J connectivity index is 1.82. The van der Waals surface area contributed by atoms with Crippen LogP contribution in [0.1, 0.15) is 29.6 Å². The molecule has 6 heteroatoms. The summed E-state index contributed by atoms with van der Waals surface area (Å²) in [6, 6.07) is 2.45. The third-order valence-electron chi connectivity index (χ3n) is 3.60. The number of hydrogen-bond acceptors (Lipinski definition) is 3. The summed E-state index contributed by atoms with van der Waals surface area (Å²) < 4.78 is 13.4. The maximum atomic E-state index is 13.4. The van der Waals surface area contributed by atoms with Crippen LogP contribution in [-0.4, -0.2) is 33.1 Å². The molecule has 19 heavy (non-hydrogen) atoms. The Labute approximate surface area is 108 Å². The second-order valence-electron chi connectivity index (χ2n) is 5.01. The Morgan fingerprint density at radius 2 is 2.32 bits per heavy atom. The summed E-state index contributed by atoms with van der Waals surface area (Å²) >= 11 is 0. The molecule has 0 bridgehead atoms. The fourth-order valence-electron chi connectivity index (χ4n) is 2.29. The number of nitrogens with one attached hydrogen (secondary N) is 2. The van der Waals surface area contributed by atoms with E-state index in [0.717, 1.165) is 12.5 Å². The minimum Gasteiger partial charge on any atom is -0.388 e. The zero-order valence-electron chi connectivity index (χ0n) is 10.2. The number of carbonyl (C=O) groups excluding carboxylic acids is 1. The summed E-state index contributed by atoms with van der Waals surface area (Å²) in [5.74, 6) is -0.916. The molecule has 0 aliphatic heterocycles. The highest BCUT2D eigenvalue weighted by molar-refractivity contribution is 6.04. The van der Waals surface area contributed by atoms with Crippen molar-refractivity contribution >= 4 is 16.9 Å². The molecule has 0 spiro atoms. The molecular weight excluding hydrogens is 249 g/mol. The Morgan fingerprint density at radius 1 is 1.53 bits per heavy atom. The van der Waals surface area contributed by atoms with Gasteiger partial charge in [0.05, 0.1) is 23.0 Å². The van der Waals surface area contributed by atoms with E-state index in [0.29, 0.717) is 23.9 Å². The van der Waals surface area contributed by atoms with E-state index in [1.807, 2.05) is 0 Å². The maximum Gasteiger partial charge on any atom is 0.253 e. The number of aromatic nitrogens is 2. The fraction of sp³-hybridized carbons (Fsp3) is 0.385. The number of H-pyrrole nitrogens is 1. The number of amides is 1. The third-order valence-corrected chi connectivity index (χ3v) is 3.60. The Kier molecular flexibility index (Phi) is 2.74. The van der Waals surface area contributed by atoms with Crippen LogP contribution in [0, 0.1) is 5.82 Å². The van der Waals surface area contributed by atoms with Gasteiger partial charge >= 0.3 is 0 Å². The first kappa shape index (κ1) is 12.1. The third kappa shape index (κ3) is 2.19. The summed E-state index contributed by atoms with van der Waals surface area (Å²) in [6.45, 7) is 0.189. The van der Waals surface area contributed by atoms with Gasteiger partial charge in [-0.1, -0.05) is 0 Å². The van der Waals surface area contributed by atoms with Crippen molar-refractivity contribution in [3.63, 3.8) is 0 Å². The van der Waals surface area contributed by atoms with Crippen LogP contribution in [0.25, 0.3) is 11.0 Å². The first-order chi connectivity index (χ1) is 9.07. The summed E-state index contributed by atoms with van der Waals surface area (Å²) in [4.78, 5) is 18.8. The van der Waals surface area contributed by atoms with Gasteiger partial charge in [0.1, 0.15) is 11.3 Å². The monoisotopic (exact) mass is 263 g/mol. The van der Waals surface area contributed by atoms with Crippen LogP contribution in [-0.2, 0) is 0 Å². The first-order valence-electron chi connectivity index (χ1n) is 6.21. The van der Waals surface area contributed by atoms with Crippen molar-refractivity contribution in [2.45, 2.75) is 24.9 Å². The van der Waals surface area contributed by atoms with Crippen LogP contribution in [0.2, 0.25) is 0 Å². The average Bonchev–Trinajstić information content (AvgIpc) is 2.80. The van der Waals surface area contributed by atoms with E-state index in [1.165, 1.54) is 12.4 Å². The number of aromatic amines is 1. The lowest BCUT2D eigenvalue weighted by atomic mass is 9.80. The number of nitrogens with zero attached hydrogens (tertiary/aromatic N) is 1. The molecule has 1 heterocycles. The zero-order valence-corrected chi connectivity index (χ0v) is 10.2. The van der Waals surface area contributed by atoms with Crippen LogP contribution in [0.3, 0.4) is 0 Å². The molecule has 0 unspecified atom stereocenters. The molecule has 2 aromatic rings. The van der Waals surface area contributed by atoms with Crippen LogP contribution >= 0.6 is 0 Å². The zero-order chi connectivity index (χ0) is 13.5. The number of rotatable bonds is 3. The summed E-state index contributed by atoms with van der Waals surface area (Å²) in [6.07, 6.45) is 3.76. The fourth-order valence-corrected chi connectivity index (χ4v) is 2.29. The standard InChI is InChI=1S/C13H14FN3O2/c14-8-4-9(11-10(5-8)16-7-17-11)12(18)15-6-13(19)2-1-3-13/h4-5,7,19H,1-3,6H2,(H,15,18)(H,16,17). The molecule has 1 aromatic heterocycles. The van der Waals surface area contributed by atoms with Gasteiger partial charge in [-0.2, -0.15) is 0 Å². The number of benzene rings is 1. The SMILES string of the molecule is O=C(NCC1(O)CCC1)c1cc(F)cc2[nH]cnc12. The molecule has 0 atom stereocenters. The molecule has 3 rings (SSSR count). The van der Waals surface area contributed by atoms with Crippen LogP contribution in [0.5, 0.6) is 0 Å². The van der Waals surface area contributed by atoms with Crippen molar-refractivity contribution in [3.8, 4) is 0 Å². The van der Waals surface area contributed by atoms with Crippen molar-refractivity contribution in [2.75, 3.05) is 6.54 Å². The largest absolute Gasteiger partial charge is 0.388 e. The predicted octanol–water partition coefficient (Wildman–Crippen LogP) is 1.35. The Hall–Kier alpha value is -1.95. The molecule has 1 aliphatic carbocycles. The van der Waals surface area contributed by atoms with Gasteiger partial charge in [0.25, 0.3) is 5.91 Å². The maximum absolute atomic E-state index is 13.4. The highest BCUT2D eigenvalue weighted by Gasteiger charge is 2.34. The van der Waals surface area contributed by atoms with Gasteiger partial charge < -0.3 is 15.4 Å². The van der Waals surface area contributed by atoms with E-state index in [1.54, 1.807) is 0 Å². The van der Waals surface area contributed by atoms with E-state index in [2.05, 4.69) is 15.3 Å². The van der Waals surface area contributed by atoms with Gasteiger partial charge in [0.2, 0.25) is 0 Å². The smallest absolute Gasteiger partial charge is 0.253 e. The first-order valence-corrected chi connectivity index (χ1v) is 6.21. The summed E-state index contributed by atoms with van der Waals surface area (Å²) in [5, 5.41) is 12.6. The van der Waals surface area contributed by atoms with Crippen LogP contribution in [0.15, 0.2) is 18.5 Å². The van der Waals surface area contributed by atoms with E-state index < -0.39 is 17.3 Å². The number of imidazole rings is 1. The van der Waals surface area contributed by atoms with E-state index in [-0.39, 0.29) is 12.1 Å². The van der Waals surface area contributed by atoms with Crippen molar-refractivity contribution in [1.82, 2.24) is 15.3 Å². The van der Waals surface area contributed by atoms with Gasteiger partial charge in [0, 0.05) is 6.54 Å². The summed E-state index contributed by atoms with van der Waals surface area (Å²) in [5.41, 5.74) is 0.291. The molecule has 1 saturated carbocycles. The van der Waals surface area contributed by atoms with Crippen molar-refractivity contribution in [3.05, 3.63) is 29.8 Å². The second-order valence-corrected chi connectivity index (χ2v) is 5.01. The molecule has 3 N–H and O–H groups in total. The lowest BCUT2D eigenvalue weighted by Crippen LogP contribution is -2.47. The average molecular weight is 263 g/mol. The minimum atomic E-state index is -0.798. The van der Waals surface area contributed by atoms with Gasteiger partial charge in [-0.3, -0.25) is 4.79 Å². The van der Waals surface area contributed by atoms with Gasteiger partial charge in [-0.15, -0.1) is 0 Å². The predicted molar refractivity (Wildman–Crippen MR) is 67.2 cm³/mol. The summed E-state index contributed by atoms with van der Waals surface area (Å²) in [7, 11) is 0. The quantitative estimate of drug-likeness (QED) is 0.782. The Bertz CT molecular complexity index is 634. The number of fused-ring (bicyclic) bond motifs is 1. The highest BCUT2D eigenvalue weighted by Crippen LogP contribution is 2.30. The number of hydrogen-bond donors (Lipinski definition) is 3. The molecule has 1 aliphatic rings. The van der Waals surface area contributed by atoms with Crippen molar-refractivity contribution < 1.29 is 14.3 Å². The van der Waals surface area contributed by atoms with Crippen molar-refractivity contribution in [2.24, 2.45) is 0 Å². The molecule has 5 nitrogen and oxygen atoms in total. The molecule has 1 amide bonds. The van der Waals surface area contributed by atoms with E-state index in [4.69, 9.17) is 0 Å². The minimum absolute atomic E-state index is 0.180. The van der Waals surface area contributed by atoms with Crippen LogP contribution in [0.4, 0.5) is 4.39 Å².